The summed E-state index contributed by atoms with van der Waals surface area (Å²) in [6, 6.07) is 5.78. The highest BCUT2D eigenvalue weighted by Gasteiger charge is 2.20. The van der Waals surface area contributed by atoms with Gasteiger partial charge < -0.3 is 19.3 Å². The van der Waals surface area contributed by atoms with Crippen LogP contribution in [-0.4, -0.2) is 68.3 Å². The number of unbranched alkanes of at least 4 members (excludes halogenated alkanes) is 13. The zero-order valence-corrected chi connectivity index (χ0v) is 28.4. The molecule has 0 spiro atoms. The Bertz CT molecular complexity index is 1070. The van der Waals surface area contributed by atoms with E-state index in [1.165, 1.54) is 95.6 Å². The van der Waals surface area contributed by atoms with Crippen LogP contribution >= 0.6 is 0 Å². The Labute approximate surface area is 267 Å². The average Bonchev–Trinajstić information content (AvgIpc) is 3.40. The molecule has 0 saturated carbocycles. The molecule has 0 bridgehead atoms. The maximum atomic E-state index is 11.9. The molecule has 0 saturated heterocycles. The standard InChI is InChI=1S/C27H50N2O3.C8H8O3S/c1-5-6-7-8-9-10-11-12-13-14-15-16-17-18-21-31-23-26(32-27(30)25(2)3)22-29-20-19-28(4)24-29;1-2-7-3-5-8(6-4-7)12(9,10)11/h19-20,26H,2,5-18,21-24H2,1,3-4H3;2-6H,1H2,(H,9,10,11). The molecule has 1 aliphatic rings. The predicted molar refractivity (Wildman–Crippen MR) is 181 cm³/mol. The summed E-state index contributed by atoms with van der Waals surface area (Å²) in [6.07, 6.45) is 24.3. The number of nitrogens with zero attached hydrogens (tertiary/aromatic N) is 2. The lowest BCUT2D eigenvalue weighted by Gasteiger charge is -2.25. The van der Waals surface area contributed by atoms with E-state index in [4.69, 9.17) is 14.0 Å². The van der Waals surface area contributed by atoms with Gasteiger partial charge in [-0.25, -0.2) is 4.79 Å². The largest absolute Gasteiger partial charge is 0.455 e. The van der Waals surface area contributed by atoms with Crippen LogP contribution < -0.4 is 0 Å². The lowest BCUT2D eigenvalue weighted by atomic mass is 10.0. The first-order valence-corrected chi connectivity index (χ1v) is 17.8. The second-order valence-electron chi connectivity index (χ2n) is 11.7. The molecule has 0 amide bonds. The normalized spacial score (nSPS) is 13.4. The first-order chi connectivity index (χ1) is 21.1. The number of hydrogen-bond donors (Lipinski definition) is 1. The summed E-state index contributed by atoms with van der Waals surface area (Å²) < 4.78 is 41.1. The van der Waals surface area contributed by atoms with E-state index < -0.39 is 10.1 Å². The van der Waals surface area contributed by atoms with Crippen molar-refractivity contribution in [3.63, 3.8) is 0 Å². The summed E-state index contributed by atoms with van der Waals surface area (Å²) >= 11 is 0. The molecule has 0 aliphatic carbocycles. The summed E-state index contributed by atoms with van der Waals surface area (Å²) in [5.74, 6) is -0.341. The molecule has 1 heterocycles. The Hall–Kier alpha value is -2.62. The van der Waals surface area contributed by atoms with Gasteiger partial charge in [-0.2, -0.15) is 8.42 Å². The van der Waals surface area contributed by atoms with Crippen molar-refractivity contribution >= 4 is 22.2 Å². The number of carbonyl (C=O) groups is 1. The van der Waals surface area contributed by atoms with Crippen molar-refractivity contribution in [3.8, 4) is 0 Å². The molecule has 1 aromatic carbocycles. The second kappa shape index (κ2) is 23.7. The third-order valence-electron chi connectivity index (χ3n) is 7.36. The van der Waals surface area contributed by atoms with Gasteiger partial charge in [0, 0.05) is 31.6 Å². The minimum absolute atomic E-state index is 0.104. The maximum Gasteiger partial charge on any atom is 0.333 e. The molecule has 44 heavy (non-hydrogen) atoms. The monoisotopic (exact) mass is 634 g/mol. The van der Waals surface area contributed by atoms with Crippen LogP contribution in [0.1, 0.15) is 109 Å². The molecule has 1 N–H and O–H groups in total. The van der Waals surface area contributed by atoms with Crippen molar-refractivity contribution in [2.24, 2.45) is 0 Å². The van der Waals surface area contributed by atoms with E-state index >= 15 is 0 Å². The van der Waals surface area contributed by atoms with Crippen molar-refractivity contribution in [1.29, 1.82) is 0 Å². The molecule has 0 radical (unpaired) electrons. The number of ether oxygens (including phenoxy) is 2. The van der Waals surface area contributed by atoms with Crippen molar-refractivity contribution < 1.29 is 27.2 Å². The third-order valence-corrected chi connectivity index (χ3v) is 8.22. The molecule has 8 nitrogen and oxygen atoms in total. The quantitative estimate of drug-likeness (QED) is 0.0557. The zero-order chi connectivity index (χ0) is 32.6. The minimum Gasteiger partial charge on any atom is -0.455 e. The molecule has 250 valence electrons. The van der Waals surface area contributed by atoms with E-state index in [1.807, 2.05) is 19.4 Å². The van der Waals surface area contributed by atoms with Gasteiger partial charge >= 0.3 is 5.97 Å². The second-order valence-corrected chi connectivity index (χ2v) is 13.1. The van der Waals surface area contributed by atoms with Gasteiger partial charge in [-0.05, 0) is 31.0 Å². The average molecular weight is 635 g/mol. The molecule has 1 aromatic rings. The van der Waals surface area contributed by atoms with E-state index in [1.54, 1.807) is 25.1 Å². The van der Waals surface area contributed by atoms with Gasteiger partial charge in [0.25, 0.3) is 10.1 Å². The smallest absolute Gasteiger partial charge is 0.333 e. The molecule has 1 aliphatic heterocycles. The van der Waals surface area contributed by atoms with Gasteiger partial charge in [0.2, 0.25) is 0 Å². The topological polar surface area (TPSA) is 96.4 Å². The van der Waals surface area contributed by atoms with Crippen LogP contribution in [0, 0.1) is 0 Å². The number of carbonyl (C=O) groups excluding carboxylic acids is 1. The summed E-state index contributed by atoms with van der Waals surface area (Å²) in [4.78, 5) is 16.1. The Morgan fingerprint density at radius 1 is 0.932 bits per heavy atom. The highest BCUT2D eigenvalue weighted by atomic mass is 32.2. The summed E-state index contributed by atoms with van der Waals surface area (Å²) in [7, 11) is -2.04. The van der Waals surface area contributed by atoms with Gasteiger partial charge in [-0.3, -0.25) is 4.55 Å². The van der Waals surface area contributed by atoms with E-state index in [2.05, 4.69) is 29.9 Å². The van der Waals surface area contributed by atoms with Gasteiger partial charge in [-0.15, -0.1) is 0 Å². The molecular formula is C35H58N2O6S. The predicted octanol–water partition coefficient (Wildman–Crippen LogP) is 8.22. The molecule has 1 unspecified atom stereocenters. The zero-order valence-electron chi connectivity index (χ0n) is 27.6. The molecule has 1 atom stereocenters. The molecule has 2 rings (SSSR count). The van der Waals surface area contributed by atoms with Crippen LogP contribution in [0.5, 0.6) is 0 Å². The highest BCUT2D eigenvalue weighted by Crippen LogP contribution is 2.14. The Balaban J connectivity index is 0.000000669. The van der Waals surface area contributed by atoms with Gasteiger partial charge in [0.15, 0.2) is 0 Å². The van der Waals surface area contributed by atoms with Crippen LogP contribution in [0.25, 0.3) is 6.08 Å². The SMILES string of the molecule is C=C(C)C(=O)OC(COCCCCCCCCCCCCCCCC)CN1C=CN(C)C1.C=Cc1ccc(S(=O)(=O)O)cc1. The molecule has 9 heteroatoms. The van der Waals surface area contributed by atoms with Crippen molar-refractivity contribution in [2.45, 2.75) is 115 Å². The first-order valence-electron chi connectivity index (χ1n) is 16.3. The Morgan fingerprint density at radius 3 is 1.89 bits per heavy atom. The van der Waals surface area contributed by atoms with Crippen LogP contribution in [0.15, 0.2) is 60.3 Å². The van der Waals surface area contributed by atoms with Crippen LogP contribution in [0.2, 0.25) is 0 Å². The summed E-state index contributed by atoms with van der Waals surface area (Å²) in [6.45, 7) is 13.8. The molecule has 0 fully saturated rings. The van der Waals surface area contributed by atoms with E-state index in [-0.39, 0.29) is 17.0 Å². The highest BCUT2D eigenvalue weighted by molar-refractivity contribution is 7.85. The fourth-order valence-corrected chi connectivity index (χ4v) is 5.21. The lowest BCUT2D eigenvalue weighted by Crippen LogP contribution is -2.36. The van der Waals surface area contributed by atoms with Crippen LogP contribution in [0.4, 0.5) is 0 Å². The Morgan fingerprint density at radius 2 is 1.45 bits per heavy atom. The summed E-state index contributed by atoms with van der Waals surface area (Å²) in [5, 5.41) is 0. The van der Waals surface area contributed by atoms with Crippen LogP contribution in [0.3, 0.4) is 0 Å². The fourth-order valence-electron chi connectivity index (χ4n) is 4.73. The third kappa shape index (κ3) is 19.6. The van der Waals surface area contributed by atoms with Crippen LogP contribution in [-0.2, 0) is 24.4 Å². The maximum absolute atomic E-state index is 11.9. The Kier molecular flexibility index (Phi) is 21.2. The van der Waals surface area contributed by atoms with Gasteiger partial charge in [0.05, 0.1) is 24.7 Å². The van der Waals surface area contributed by atoms with Gasteiger partial charge in [-0.1, -0.05) is 122 Å². The van der Waals surface area contributed by atoms with Crippen molar-refractivity contribution in [1.82, 2.24) is 9.80 Å². The van der Waals surface area contributed by atoms with Crippen molar-refractivity contribution in [2.75, 3.05) is 33.5 Å². The minimum atomic E-state index is -4.06. The number of hydrogen-bond acceptors (Lipinski definition) is 7. The summed E-state index contributed by atoms with van der Waals surface area (Å²) in [5.41, 5.74) is 1.23. The van der Waals surface area contributed by atoms with E-state index in [9.17, 15) is 13.2 Å². The van der Waals surface area contributed by atoms with E-state index in [0.29, 0.717) is 18.7 Å². The molecular weight excluding hydrogens is 576 g/mol. The lowest BCUT2D eigenvalue weighted by molar-refractivity contribution is -0.148. The molecule has 0 aromatic heterocycles. The number of rotatable bonds is 23. The van der Waals surface area contributed by atoms with Gasteiger partial charge in [0.1, 0.15) is 6.10 Å². The number of benzene rings is 1. The van der Waals surface area contributed by atoms with Crippen molar-refractivity contribution in [3.05, 3.63) is 61.0 Å². The number of esters is 1. The van der Waals surface area contributed by atoms with E-state index in [0.717, 1.165) is 25.3 Å². The fraction of sp³-hybridized carbons (Fsp3) is 0.629. The first kappa shape index (κ1) is 39.4.